The molecule has 0 saturated heterocycles. The Labute approximate surface area is 118 Å². The molecule has 0 heterocycles. The van der Waals surface area contributed by atoms with Crippen LogP contribution in [0.4, 0.5) is 0 Å². The first-order chi connectivity index (χ1) is 8.80. The second-order valence-electron chi connectivity index (χ2n) is 8.04. The van der Waals surface area contributed by atoms with Gasteiger partial charge in [-0.25, -0.2) is 0 Å². The molecule has 0 aromatic rings. The summed E-state index contributed by atoms with van der Waals surface area (Å²) in [6, 6.07) is 0. The Morgan fingerprint density at radius 2 is 1.79 bits per heavy atom. The van der Waals surface area contributed by atoms with Gasteiger partial charge >= 0.3 is 5.97 Å². The van der Waals surface area contributed by atoms with E-state index in [1.165, 1.54) is 19.3 Å². The fourth-order valence-electron chi connectivity index (χ4n) is 4.42. The number of rotatable bonds is 2. The van der Waals surface area contributed by atoms with E-state index in [-0.39, 0.29) is 5.92 Å². The van der Waals surface area contributed by atoms with Gasteiger partial charge in [-0.1, -0.05) is 34.1 Å². The fraction of sp³-hybridized carbons (Fsp3) is 0.941. The molecule has 0 radical (unpaired) electrons. The normalized spacial score (nSPS) is 42.8. The van der Waals surface area contributed by atoms with E-state index >= 15 is 0 Å². The fourth-order valence-corrected chi connectivity index (χ4v) is 4.42. The molecule has 0 amide bonds. The molecule has 2 heteroatoms. The largest absolute Gasteiger partial charge is 0.481 e. The topological polar surface area (TPSA) is 37.3 Å². The van der Waals surface area contributed by atoms with Crippen molar-refractivity contribution in [2.75, 3.05) is 0 Å². The van der Waals surface area contributed by atoms with E-state index < -0.39 is 5.97 Å². The summed E-state index contributed by atoms with van der Waals surface area (Å²) in [6.45, 7) is 9.32. The van der Waals surface area contributed by atoms with Crippen LogP contribution in [0.25, 0.3) is 0 Å². The summed E-state index contributed by atoms with van der Waals surface area (Å²) in [4.78, 5) is 11.6. The van der Waals surface area contributed by atoms with Gasteiger partial charge in [0.15, 0.2) is 0 Å². The Bertz CT molecular complexity index is 334. The lowest BCUT2D eigenvalue weighted by Crippen LogP contribution is -2.40. The number of carboxylic acids is 1. The molecule has 1 N–H and O–H groups in total. The van der Waals surface area contributed by atoms with Gasteiger partial charge < -0.3 is 5.11 Å². The first kappa shape index (κ1) is 14.9. The lowest BCUT2D eigenvalue weighted by atomic mass is 9.59. The number of hydrogen-bond acceptors (Lipinski definition) is 1. The molecule has 0 aromatic heterocycles. The van der Waals surface area contributed by atoms with E-state index in [9.17, 15) is 9.90 Å². The highest BCUT2D eigenvalue weighted by molar-refractivity contribution is 5.70. The number of aliphatic carboxylic acids is 1. The maximum Gasteiger partial charge on any atom is 0.306 e. The molecule has 2 aliphatic rings. The minimum atomic E-state index is -0.549. The maximum atomic E-state index is 11.6. The minimum Gasteiger partial charge on any atom is -0.481 e. The van der Waals surface area contributed by atoms with Gasteiger partial charge in [-0.15, -0.1) is 0 Å². The van der Waals surface area contributed by atoms with Gasteiger partial charge in [0.2, 0.25) is 0 Å². The first-order valence-electron chi connectivity index (χ1n) is 8.03. The lowest BCUT2D eigenvalue weighted by Gasteiger charge is -2.45. The van der Waals surface area contributed by atoms with Crippen LogP contribution in [0.5, 0.6) is 0 Å². The summed E-state index contributed by atoms with van der Waals surface area (Å²) < 4.78 is 0. The average molecular weight is 266 g/mol. The Morgan fingerprint density at radius 3 is 2.37 bits per heavy atom. The molecule has 0 bridgehead atoms. The van der Waals surface area contributed by atoms with Crippen molar-refractivity contribution in [3.05, 3.63) is 0 Å². The summed E-state index contributed by atoms with van der Waals surface area (Å²) in [5.74, 6) is 2.00. The zero-order valence-corrected chi connectivity index (χ0v) is 13.0. The second kappa shape index (κ2) is 5.46. The highest BCUT2D eigenvalue weighted by Crippen LogP contribution is 2.49. The Balaban J connectivity index is 2.11. The molecule has 2 aliphatic carbocycles. The SMILES string of the molecule is CC1CCC(C2CC(C)(C)CCC2C(=O)O)CC1C. The quantitative estimate of drug-likeness (QED) is 0.794. The van der Waals surface area contributed by atoms with Crippen LogP contribution < -0.4 is 0 Å². The maximum absolute atomic E-state index is 11.6. The van der Waals surface area contributed by atoms with E-state index in [0.29, 0.717) is 17.3 Å². The van der Waals surface area contributed by atoms with Crippen LogP contribution in [0.2, 0.25) is 0 Å². The van der Waals surface area contributed by atoms with Crippen LogP contribution in [0.1, 0.15) is 66.2 Å². The van der Waals surface area contributed by atoms with Crippen molar-refractivity contribution < 1.29 is 9.90 Å². The third-order valence-corrected chi connectivity index (χ3v) is 6.00. The Hall–Kier alpha value is -0.530. The number of carboxylic acid groups (broad SMARTS) is 1. The molecule has 2 saturated carbocycles. The molecule has 19 heavy (non-hydrogen) atoms. The summed E-state index contributed by atoms with van der Waals surface area (Å²) in [5.41, 5.74) is 0.336. The van der Waals surface area contributed by atoms with E-state index in [0.717, 1.165) is 31.1 Å². The molecule has 2 rings (SSSR count). The van der Waals surface area contributed by atoms with Crippen molar-refractivity contribution >= 4 is 5.97 Å². The highest BCUT2D eigenvalue weighted by atomic mass is 16.4. The average Bonchev–Trinajstić information content (AvgIpc) is 2.31. The zero-order valence-electron chi connectivity index (χ0n) is 13.0. The number of hydrogen-bond donors (Lipinski definition) is 1. The Morgan fingerprint density at radius 1 is 1.11 bits per heavy atom. The van der Waals surface area contributed by atoms with Crippen LogP contribution >= 0.6 is 0 Å². The van der Waals surface area contributed by atoms with Gasteiger partial charge in [0, 0.05) is 0 Å². The van der Waals surface area contributed by atoms with Crippen LogP contribution in [0, 0.1) is 35.0 Å². The molecule has 5 atom stereocenters. The second-order valence-corrected chi connectivity index (χ2v) is 8.04. The highest BCUT2D eigenvalue weighted by Gasteiger charge is 2.43. The van der Waals surface area contributed by atoms with Crippen molar-refractivity contribution in [1.29, 1.82) is 0 Å². The standard InChI is InChI=1S/C17H30O2/c1-11-5-6-13(9-12(11)2)15-10-17(3,4)8-7-14(15)16(18)19/h11-15H,5-10H2,1-4H3,(H,18,19). The van der Waals surface area contributed by atoms with Crippen LogP contribution in [-0.4, -0.2) is 11.1 Å². The van der Waals surface area contributed by atoms with Gasteiger partial charge in [0.05, 0.1) is 5.92 Å². The van der Waals surface area contributed by atoms with E-state index in [1.54, 1.807) is 0 Å². The third kappa shape index (κ3) is 3.32. The summed E-state index contributed by atoms with van der Waals surface area (Å²) in [6.07, 6.45) is 6.83. The van der Waals surface area contributed by atoms with Gasteiger partial charge in [0.25, 0.3) is 0 Å². The Kier molecular flexibility index (Phi) is 4.27. The van der Waals surface area contributed by atoms with Crippen molar-refractivity contribution in [3.8, 4) is 0 Å². The van der Waals surface area contributed by atoms with Crippen LogP contribution in [-0.2, 0) is 4.79 Å². The summed E-state index contributed by atoms with van der Waals surface area (Å²) in [5, 5.41) is 9.53. The van der Waals surface area contributed by atoms with Crippen LogP contribution in [0.3, 0.4) is 0 Å². The zero-order chi connectivity index (χ0) is 14.2. The van der Waals surface area contributed by atoms with Gasteiger partial charge in [0.1, 0.15) is 0 Å². The molecule has 0 spiro atoms. The third-order valence-electron chi connectivity index (χ3n) is 6.00. The molecule has 0 aliphatic heterocycles. The summed E-state index contributed by atoms with van der Waals surface area (Å²) in [7, 11) is 0. The molecular weight excluding hydrogens is 236 g/mol. The lowest BCUT2D eigenvalue weighted by molar-refractivity contribution is -0.148. The van der Waals surface area contributed by atoms with Crippen molar-refractivity contribution in [1.82, 2.24) is 0 Å². The smallest absolute Gasteiger partial charge is 0.306 e. The van der Waals surface area contributed by atoms with Gasteiger partial charge in [-0.2, -0.15) is 0 Å². The summed E-state index contributed by atoms with van der Waals surface area (Å²) >= 11 is 0. The minimum absolute atomic E-state index is 0.0846. The predicted octanol–water partition coefficient (Wildman–Crippen LogP) is 4.59. The first-order valence-corrected chi connectivity index (χ1v) is 8.03. The molecule has 110 valence electrons. The van der Waals surface area contributed by atoms with Crippen molar-refractivity contribution in [2.24, 2.45) is 35.0 Å². The number of carbonyl (C=O) groups is 1. The van der Waals surface area contributed by atoms with E-state index in [2.05, 4.69) is 27.7 Å². The molecular formula is C17H30O2. The monoisotopic (exact) mass is 266 g/mol. The predicted molar refractivity (Wildman–Crippen MR) is 77.9 cm³/mol. The van der Waals surface area contributed by atoms with Gasteiger partial charge in [-0.05, 0) is 61.2 Å². The van der Waals surface area contributed by atoms with E-state index in [1.807, 2.05) is 0 Å². The van der Waals surface area contributed by atoms with Crippen molar-refractivity contribution in [2.45, 2.75) is 66.2 Å². The molecule has 2 nitrogen and oxygen atoms in total. The van der Waals surface area contributed by atoms with Gasteiger partial charge in [-0.3, -0.25) is 4.79 Å². The van der Waals surface area contributed by atoms with Crippen LogP contribution in [0.15, 0.2) is 0 Å². The van der Waals surface area contributed by atoms with Crippen molar-refractivity contribution in [3.63, 3.8) is 0 Å². The molecule has 5 unspecified atom stereocenters. The van der Waals surface area contributed by atoms with E-state index in [4.69, 9.17) is 0 Å². The molecule has 2 fully saturated rings. The molecule has 0 aromatic carbocycles.